The predicted octanol–water partition coefficient (Wildman–Crippen LogP) is 1.76. The van der Waals surface area contributed by atoms with Gasteiger partial charge in [-0.2, -0.15) is 0 Å². The molecule has 0 aromatic carbocycles. The molecule has 0 bridgehead atoms. The molecule has 0 unspecified atom stereocenters. The summed E-state index contributed by atoms with van der Waals surface area (Å²) < 4.78 is 0. The molecular weight excluding hydrogens is 244 g/mol. The molecule has 5 nitrogen and oxygen atoms in total. The first-order chi connectivity index (χ1) is 9.06. The highest BCUT2D eigenvalue weighted by Gasteiger charge is 2.26. The van der Waals surface area contributed by atoms with Gasteiger partial charge in [0.2, 0.25) is 0 Å². The van der Waals surface area contributed by atoms with Crippen LogP contribution in [0, 0.1) is 12.8 Å². The zero-order chi connectivity index (χ0) is 13.8. The van der Waals surface area contributed by atoms with E-state index >= 15 is 0 Å². The van der Waals surface area contributed by atoms with Gasteiger partial charge in [0, 0.05) is 17.9 Å². The summed E-state index contributed by atoms with van der Waals surface area (Å²) in [6, 6.07) is 3.63. The number of aromatic nitrogens is 1. The summed E-state index contributed by atoms with van der Waals surface area (Å²) in [4.78, 5) is 26.9. The molecule has 102 valence electrons. The number of hydrogen-bond acceptors (Lipinski definition) is 3. The first-order valence-electron chi connectivity index (χ1n) is 6.52. The second-order valence-electron chi connectivity index (χ2n) is 5.05. The summed E-state index contributed by atoms with van der Waals surface area (Å²) >= 11 is 0. The van der Waals surface area contributed by atoms with E-state index in [1.807, 2.05) is 6.92 Å². The van der Waals surface area contributed by atoms with E-state index in [4.69, 9.17) is 5.11 Å². The predicted molar refractivity (Wildman–Crippen MR) is 69.8 cm³/mol. The van der Waals surface area contributed by atoms with Gasteiger partial charge < -0.3 is 10.4 Å². The van der Waals surface area contributed by atoms with E-state index in [-0.39, 0.29) is 17.9 Å². The molecule has 1 fully saturated rings. The van der Waals surface area contributed by atoms with Crippen LogP contribution in [-0.2, 0) is 4.79 Å². The van der Waals surface area contributed by atoms with Gasteiger partial charge in [-0.05, 0) is 44.7 Å². The molecule has 0 radical (unpaired) electrons. The van der Waals surface area contributed by atoms with Crippen LogP contribution in [-0.4, -0.2) is 28.0 Å². The third-order valence-corrected chi connectivity index (χ3v) is 3.59. The van der Waals surface area contributed by atoms with Crippen molar-refractivity contribution in [2.45, 2.75) is 38.6 Å². The minimum atomic E-state index is -0.729. The summed E-state index contributed by atoms with van der Waals surface area (Å²) in [5.41, 5.74) is 1.42. The molecule has 1 aromatic heterocycles. The number of aryl methyl sites for hydroxylation is 1. The number of carbonyl (C=O) groups excluding carboxylic acids is 1. The molecule has 0 aliphatic heterocycles. The van der Waals surface area contributed by atoms with Gasteiger partial charge in [-0.3, -0.25) is 14.6 Å². The number of rotatable bonds is 3. The molecule has 1 aromatic rings. The first kappa shape index (κ1) is 13.5. The number of carboxylic acid groups (broad SMARTS) is 1. The number of nitrogens with zero attached hydrogens (tertiary/aromatic N) is 1. The molecule has 0 saturated heterocycles. The van der Waals surface area contributed by atoms with E-state index in [0.29, 0.717) is 18.4 Å². The van der Waals surface area contributed by atoms with Gasteiger partial charge in [0.05, 0.1) is 11.5 Å². The maximum Gasteiger partial charge on any atom is 0.306 e. The zero-order valence-electron chi connectivity index (χ0n) is 10.9. The van der Waals surface area contributed by atoms with Crippen LogP contribution in [0.2, 0.25) is 0 Å². The van der Waals surface area contributed by atoms with Crippen LogP contribution in [0.3, 0.4) is 0 Å². The first-order valence-corrected chi connectivity index (χ1v) is 6.52. The fourth-order valence-corrected chi connectivity index (χ4v) is 2.36. The number of carbonyl (C=O) groups is 2. The fourth-order valence-electron chi connectivity index (χ4n) is 2.36. The Bertz CT molecular complexity index is 462. The highest BCUT2D eigenvalue weighted by Crippen LogP contribution is 2.24. The molecule has 19 heavy (non-hydrogen) atoms. The topological polar surface area (TPSA) is 79.3 Å². The van der Waals surface area contributed by atoms with Crippen LogP contribution in [0.15, 0.2) is 18.3 Å². The Labute approximate surface area is 112 Å². The number of carboxylic acids is 1. The summed E-state index contributed by atoms with van der Waals surface area (Å²) in [5, 5.41) is 11.9. The average molecular weight is 262 g/mol. The molecule has 1 heterocycles. The Balaban J connectivity index is 1.87. The smallest absolute Gasteiger partial charge is 0.306 e. The highest BCUT2D eigenvalue weighted by atomic mass is 16.4. The van der Waals surface area contributed by atoms with E-state index in [0.717, 1.165) is 18.5 Å². The normalized spacial score (nSPS) is 22.8. The number of aliphatic carboxylic acids is 1. The van der Waals surface area contributed by atoms with Gasteiger partial charge in [-0.1, -0.05) is 0 Å². The van der Waals surface area contributed by atoms with Gasteiger partial charge in [0.25, 0.3) is 5.91 Å². The standard InChI is InChI=1S/C14H18N2O3/c1-9-2-3-11(8-15-9)13(17)16-12-6-4-10(5-7-12)14(18)19/h2-3,8,10,12H,4-7H2,1H3,(H,16,17)(H,18,19). The van der Waals surface area contributed by atoms with Crippen LogP contribution < -0.4 is 5.32 Å². The lowest BCUT2D eigenvalue weighted by Gasteiger charge is -2.26. The molecule has 5 heteroatoms. The van der Waals surface area contributed by atoms with Crippen LogP contribution in [0.4, 0.5) is 0 Å². The van der Waals surface area contributed by atoms with Crippen molar-refractivity contribution in [3.05, 3.63) is 29.6 Å². The summed E-state index contributed by atoms with van der Waals surface area (Å²) in [7, 11) is 0. The van der Waals surface area contributed by atoms with E-state index in [9.17, 15) is 9.59 Å². The van der Waals surface area contributed by atoms with Crippen molar-refractivity contribution < 1.29 is 14.7 Å². The van der Waals surface area contributed by atoms with Crippen molar-refractivity contribution in [1.82, 2.24) is 10.3 Å². The lowest BCUT2D eigenvalue weighted by atomic mass is 9.86. The summed E-state index contributed by atoms with van der Waals surface area (Å²) in [6.45, 7) is 1.87. The maximum atomic E-state index is 12.0. The van der Waals surface area contributed by atoms with E-state index in [2.05, 4.69) is 10.3 Å². The van der Waals surface area contributed by atoms with Gasteiger partial charge in [-0.25, -0.2) is 0 Å². The molecule has 0 spiro atoms. The zero-order valence-corrected chi connectivity index (χ0v) is 10.9. The quantitative estimate of drug-likeness (QED) is 0.870. The van der Waals surface area contributed by atoms with Crippen molar-refractivity contribution in [3.8, 4) is 0 Å². The third kappa shape index (κ3) is 3.53. The molecule has 1 saturated carbocycles. The van der Waals surface area contributed by atoms with Crippen LogP contribution in [0.5, 0.6) is 0 Å². The van der Waals surface area contributed by atoms with E-state index in [1.165, 1.54) is 0 Å². The van der Waals surface area contributed by atoms with Crippen molar-refractivity contribution in [2.75, 3.05) is 0 Å². The van der Waals surface area contributed by atoms with Crippen molar-refractivity contribution in [2.24, 2.45) is 5.92 Å². The number of nitrogens with one attached hydrogen (secondary N) is 1. The second-order valence-corrected chi connectivity index (χ2v) is 5.05. The Kier molecular flexibility index (Phi) is 4.14. The Morgan fingerprint density at radius 2 is 1.95 bits per heavy atom. The molecular formula is C14H18N2O3. The summed E-state index contributed by atoms with van der Waals surface area (Å²) in [5.74, 6) is -1.12. The molecule has 1 aliphatic rings. The Hall–Kier alpha value is -1.91. The SMILES string of the molecule is Cc1ccc(C(=O)NC2CCC(C(=O)O)CC2)cn1. The summed E-state index contributed by atoms with van der Waals surface area (Å²) in [6.07, 6.45) is 4.27. The molecule has 1 amide bonds. The van der Waals surface area contributed by atoms with E-state index in [1.54, 1.807) is 18.3 Å². The second kappa shape index (κ2) is 5.82. The molecule has 2 N–H and O–H groups in total. The average Bonchev–Trinajstić information content (AvgIpc) is 2.40. The van der Waals surface area contributed by atoms with Gasteiger partial charge >= 0.3 is 5.97 Å². The van der Waals surface area contributed by atoms with Crippen LogP contribution >= 0.6 is 0 Å². The van der Waals surface area contributed by atoms with E-state index < -0.39 is 5.97 Å². The van der Waals surface area contributed by atoms with Crippen molar-refractivity contribution >= 4 is 11.9 Å². The van der Waals surface area contributed by atoms with Gasteiger partial charge in [0.15, 0.2) is 0 Å². The number of pyridine rings is 1. The minimum Gasteiger partial charge on any atom is -0.481 e. The lowest BCUT2D eigenvalue weighted by molar-refractivity contribution is -0.142. The number of hydrogen-bond donors (Lipinski definition) is 2. The van der Waals surface area contributed by atoms with Gasteiger partial charge in [0.1, 0.15) is 0 Å². The minimum absolute atomic E-state index is 0.0735. The highest BCUT2D eigenvalue weighted by molar-refractivity contribution is 5.94. The monoisotopic (exact) mass is 262 g/mol. The largest absolute Gasteiger partial charge is 0.481 e. The number of amides is 1. The van der Waals surface area contributed by atoms with Crippen LogP contribution in [0.1, 0.15) is 41.7 Å². The molecule has 1 aliphatic carbocycles. The van der Waals surface area contributed by atoms with Gasteiger partial charge in [-0.15, -0.1) is 0 Å². The van der Waals surface area contributed by atoms with Crippen molar-refractivity contribution in [1.29, 1.82) is 0 Å². The fraction of sp³-hybridized carbons (Fsp3) is 0.500. The Morgan fingerprint density at radius 1 is 1.26 bits per heavy atom. The molecule has 2 rings (SSSR count). The van der Waals surface area contributed by atoms with Crippen molar-refractivity contribution in [3.63, 3.8) is 0 Å². The maximum absolute atomic E-state index is 12.0. The third-order valence-electron chi connectivity index (χ3n) is 3.59. The Morgan fingerprint density at radius 3 is 2.47 bits per heavy atom. The van der Waals surface area contributed by atoms with Crippen LogP contribution in [0.25, 0.3) is 0 Å². The lowest BCUT2D eigenvalue weighted by Crippen LogP contribution is -2.38. The molecule has 0 atom stereocenters.